The zero-order chi connectivity index (χ0) is 22.4. The van der Waals surface area contributed by atoms with Gasteiger partial charge in [-0.3, -0.25) is 0 Å². The SMILES string of the molecule is COC1(c2cc(F)cc(OCc3ccc(NC(=O)N4CCOCC4)cc3)c2)CCOCC1. The van der Waals surface area contributed by atoms with Crippen molar-refractivity contribution in [2.24, 2.45) is 0 Å². The van der Waals surface area contributed by atoms with Crippen LogP contribution in [0.5, 0.6) is 5.75 Å². The van der Waals surface area contributed by atoms with Crippen molar-refractivity contribution >= 4 is 11.7 Å². The molecule has 172 valence electrons. The predicted molar refractivity (Wildman–Crippen MR) is 117 cm³/mol. The molecular formula is C24H29FN2O5. The third-order valence-electron chi connectivity index (χ3n) is 6.00. The maximum absolute atomic E-state index is 14.3. The topological polar surface area (TPSA) is 69.3 Å². The van der Waals surface area contributed by atoms with Gasteiger partial charge in [-0.2, -0.15) is 0 Å². The lowest BCUT2D eigenvalue weighted by atomic mass is 9.86. The van der Waals surface area contributed by atoms with Gasteiger partial charge in [0.25, 0.3) is 0 Å². The number of amides is 2. The molecular weight excluding hydrogens is 415 g/mol. The van der Waals surface area contributed by atoms with Crippen LogP contribution < -0.4 is 10.1 Å². The Labute approximate surface area is 187 Å². The molecule has 0 spiro atoms. The first-order valence-corrected chi connectivity index (χ1v) is 10.9. The summed E-state index contributed by atoms with van der Waals surface area (Å²) in [7, 11) is 1.65. The van der Waals surface area contributed by atoms with Gasteiger partial charge in [-0.05, 0) is 35.4 Å². The Morgan fingerprint density at radius 2 is 1.75 bits per heavy atom. The average Bonchev–Trinajstić information content (AvgIpc) is 2.84. The molecule has 32 heavy (non-hydrogen) atoms. The number of morpholine rings is 1. The number of urea groups is 1. The standard InChI is InChI=1S/C24H29FN2O5/c1-29-24(6-10-30-11-7-24)19-14-20(25)16-22(15-19)32-17-18-2-4-21(5-3-18)26-23(28)27-8-12-31-13-9-27/h2-5,14-16H,6-13,17H2,1H3,(H,26,28). The normalized spacial score (nSPS) is 18.2. The van der Waals surface area contributed by atoms with Crippen molar-refractivity contribution in [1.82, 2.24) is 4.90 Å². The van der Waals surface area contributed by atoms with Gasteiger partial charge in [0.2, 0.25) is 0 Å². The number of ether oxygens (including phenoxy) is 4. The molecule has 2 fully saturated rings. The second-order valence-corrected chi connectivity index (χ2v) is 8.00. The second kappa shape index (κ2) is 10.3. The molecule has 0 saturated carbocycles. The first kappa shape index (κ1) is 22.5. The molecule has 8 heteroatoms. The lowest BCUT2D eigenvalue weighted by molar-refractivity contribution is -0.0950. The van der Waals surface area contributed by atoms with Crippen molar-refractivity contribution in [3.63, 3.8) is 0 Å². The summed E-state index contributed by atoms with van der Waals surface area (Å²) in [5.41, 5.74) is 1.82. The van der Waals surface area contributed by atoms with Gasteiger partial charge in [0.05, 0.1) is 18.8 Å². The Morgan fingerprint density at radius 1 is 1.06 bits per heavy atom. The highest BCUT2D eigenvalue weighted by Gasteiger charge is 2.35. The number of nitrogens with one attached hydrogen (secondary N) is 1. The minimum absolute atomic E-state index is 0.134. The van der Waals surface area contributed by atoms with Crippen molar-refractivity contribution < 1.29 is 28.1 Å². The van der Waals surface area contributed by atoms with Crippen LogP contribution in [0.1, 0.15) is 24.0 Å². The van der Waals surface area contributed by atoms with Crippen molar-refractivity contribution in [2.75, 3.05) is 51.9 Å². The second-order valence-electron chi connectivity index (χ2n) is 8.00. The highest BCUT2D eigenvalue weighted by atomic mass is 19.1. The molecule has 2 amide bonds. The molecule has 2 heterocycles. The monoisotopic (exact) mass is 444 g/mol. The number of hydrogen-bond acceptors (Lipinski definition) is 5. The van der Waals surface area contributed by atoms with E-state index in [1.165, 1.54) is 12.1 Å². The Kier molecular flexibility index (Phi) is 7.24. The molecule has 2 aliphatic rings. The zero-order valence-corrected chi connectivity index (χ0v) is 18.3. The third kappa shape index (κ3) is 5.38. The molecule has 7 nitrogen and oxygen atoms in total. The van der Waals surface area contributed by atoms with E-state index < -0.39 is 5.60 Å². The molecule has 0 radical (unpaired) electrons. The summed E-state index contributed by atoms with van der Waals surface area (Å²) in [6.45, 7) is 3.73. The predicted octanol–water partition coefficient (Wildman–Crippen LogP) is 3.92. The summed E-state index contributed by atoms with van der Waals surface area (Å²) in [5, 5.41) is 2.89. The van der Waals surface area contributed by atoms with Gasteiger partial charge in [0.1, 0.15) is 18.2 Å². The molecule has 4 rings (SSSR count). The van der Waals surface area contributed by atoms with Crippen LogP contribution in [0.4, 0.5) is 14.9 Å². The highest BCUT2D eigenvalue weighted by molar-refractivity contribution is 5.89. The van der Waals surface area contributed by atoms with E-state index >= 15 is 0 Å². The minimum Gasteiger partial charge on any atom is -0.489 e. The number of benzene rings is 2. The van der Waals surface area contributed by atoms with Gasteiger partial charge in [-0.15, -0.1) is 0 Å². The van der Waals surface area contributed by atoms with Gasteiger partial charge in [-0.25, -0.2) is 9.18 Å². The van der Waals surface area contributed by atoms with Crippen LogP contribution in [0.2, 0.25) is 0 Å². The number of hydrogen-bond donors (Lipinski definition) is 1. The summed E-state index contributed by atoms with van der Waals surface area (Å²) in [5.74, 6) is 0.0919. The number of carbonyl (C=O) groups is 1. The largest absolute Gasteiger partial charge is 0.489 e. The van der Waals surface area contributed by atoms with Crippen LogP contribution in [0.3, 0.4) is 0 Å². The minimum atomic E-state index is -0.557. The highest BCUT2D eigenvalue weighted by Crippen LogP contribution is 2.37. The van der Waals surface area contributed by atoms with Gasteiger partial charge in [-0.1, -0.05) is 12.1 Å². The van der Waals surface area contributed by atoms with E-state index in [4.69, 9.17) is 18.9 Å². The molecule has 1 N–H and O–H groups in total. The first-order valence-electron chi connectivity index (χ1n) is 10.9. The lowest BCUT2D eigenvalue weighted by Gasteiger charge is -2.36. The molecule has 0 unspecified atom stereocenters. The van der Waals surface area contributed by atoms with Crippen molar-refractivity contribution in [2.45, 2.75) is 25.0 Å². The van der Waals surface area contributed by atoms with E-state index in [-0.39, 0.29) is 18.5 Å². The molecule has 2 aromatic rings. The number of halogens is 1. The first-order chi connectivity index (χ1) is 15.6. The maximum Gasteiger partial charge on any atom is 0.321 e. The van der Waals surface area contributed by atoms with Gasteiger partial charge in [0.15, 0.2) is 0 Å². The summed E-state index contributed by atoms with van der Waals surface area (Å²) < 4.78 is 36.7. The van der Waals surface area contributed by atoms with E-state index in [0.29, 0.717) is 63.8 Å². The molecule has 0 bridgehead atoms. The van der Waals surface area contributed by atoms with Crippen molar-refractivity contribution in [3.05, 3.63) is 59.4 Å². The summed E-state index contributed by atoms with van der Waals surface area (Å²) in [4.78, 5) is 14.0. The summed E-state index contributed by atoms with van der Waals surface area (Å²) >= 11 is 0. The number of carbonyl (C=O) groups excluding carboxylic acids is 1. The average molecular weight is 445 g/mol. The van der Waals surface area contributed by atoms with E-state index in [1.54, 1.807) is 12.0 Å². The number of methoxy groups -OCH3 is 1. The van der Waals surface area contributed by atoms with E-state index in [0.717, 1.165) is 11.1 Å². The number of nitrogens with zero attached hydrogens (tertiary/aromatic N) is 1. The van der Waals surface area contributed by atoms with Crippen LogP contribution >= 0.6 is 0 Å². The molecule has 2 aliphatic heterocycles. The van der Waals surface area contributed by atoms with E-state index in [9.17, 15) is 9.18 Å². The van der Waals surface area contributed by atoms with E-state index in [2.05, 4.69) is 5.32 Å². The van der Waals surface area contributed by atoms with Crippen molar-refractivity contribution in [1.29, 1.82) is 0 Å². The number of anilines is 1. The fraction of sp³-hybridized carbons (Fsp3) is 0.458. The van der Waals surface area contributed by atoms with Gasteiger partial charge < -0.3 is 29.2 Å². The van der Waals surface area contributed by atoms with Crippen LogP contribution in [-0.4, -0.2) is 57.6 Å². The van der Waals surface area contributed by atoms with Gasteiger partial charge in [0, 0.05) is 58.0 Å². The quantitative estimate of drug-likeness (QED) is 0.732. The molecule has 2 saturated heterocycles. The lowest BCUT2D eigenvalue weighted by Crippen LogP contribution is -2.43. The summed E-state index contributed by atoms with van der Waals surface area (Å²) in [6, 6.07) is 12.0. The van der Waals surface area contributed by atoms with Gasteiger partial charge >= 0.3 is 6.03 Å². The molecule has 0 aliphatic carbocycles. The summed E-state index contributed by atoms with van der Waals surface area (Å²) in [6.07, 6.45) is 1.34. The van der Waals surface area contributed by atoms with Crippen LogP contribution in [0.15, 0.2) is 42.5 Å². The molecule has 0 aromatic heterocycles. The fourth-order valence-corrected chi connectivity index (χ4v) is 4.04. The Morgan fingerprint density at radius 3 is 2.44 bits per heavy atom. The Hall–Kier alpha value is -2.68. The van der Waals surface area contributed by atoms with Crippen molar-refractivity contribution in [3.8, 4) is 5.75 Å². The van der Waals surface area contributed by atoms with Crippen LogP contribution in [-0.2, 0) is 26.4 Å². The third-order valence-corrected chi connectivity index (χ3v) is 6.00. The smallest absolute Gasteiger partial charge is 0.321 e. The Bertz CT molecular complexity index is 909. The maximum atomic E-state index is 14.3. The fourth-order valence-electron chi connectivity index (χ4n) is 4.04. The van der Waals surface area contributed by atoms with Crippen LogP contribution in [0, 0.1) is 5.82 Å². The van der Waals surface area contributed by atoms with Crippen LogP contribution in [0.25, 0.3) is 0 Å². The zero-order valence-electron chi connectivity index (χ0n) is 18.3. The number of rotatable bonds is 6. The molecule has 0 atom stereocenters. The Balaban J connectivity index is 1.37. The molecule has 2 aromatic carbocycles. The van der Waals surface area contributed by atoms with E-state index in [1.807, 2.05) is 30.3 Å².